The van der Waals surface area contributed by atoms with E-state index in [9.17, 15) is 9.59 Å². The van der Waals surface area contributed by atoms with Gasteiger partial charge in [0.15, 0.2) is 0 Å². The van der Waals surface area contributed by atoms with Gasteiger partial charge in [-0.15, -0.1) is 12.4 Å². The molecule has 0 atom stereocenters. The molecule has 118 valence electrons. The number of hydrogen-bond donors (Lipinski definition) is 2. The van der Waals surface area contributed by atoms with Crippen molar-refractivity contribution in [3.63, 3.8) is 0 Å². The Balaban J connectivity index is 0.00000400. The lowest BCUT2D eigenvalue weighted by Gasteiger charge is -2.18. The van der Waals surface area contributed by atoms with Crippen molar-refractivity contribution >= 4 is 29.9 Å². The third-order valence-corrected chi connectivity index (χ3v) is 3.07. The molecule has 2 amide bonds. The van der Waals surface area contributed by atoms with E-state index in [4.69, 9.17) is 5.73 Å². The van der Waals surface area contributed by atoms with E-state index in [1.807, 2.05) is 13.8 Å². The summed E-state index contributed by atoms with van der Waals surface area (Å²) in [5.41, 5.74) is 6.69. The van der Waals surface area contributed by atoms with Crippen LogP contribution in [0, 0.1) is 0 Å². The molecule has 1 rings (SSSR count). The van der Waals surface area contributed by atoms with Crippen molar-refractivity contribution in [1.29, 1.82) is 0 Å². The Morgan fingerprint density at radius 2 is 1.71 bits per heavy atom. The first-order valence-corrected chi connectivity index (χ1v) is 7.01. The minimum absolute atomic E-state index is 0. The van der Waals surface area contributed by atoms with Crippen molar-refractivity contribution in [2.75, 3.05) is 25.0 Å². The zero-order valence-corrected chi connectivity index (χ0v) is 13.4. The van der Waals surface area contributed by atoms with Crippen LogP contribution in [0.3, 0.4) is 0 Å². The Morgan fingerprint density at radius 1 is 1.14 bits per heavy atom. The largest absolute Gasteiger partial charge is 0.339 e. The summed E-state index contributed by atoms with van der Waals surface area (Å²) in [6, 6.07) is 6.96. The van der Waals surface area contributed by atoms with Gasteiger partial charge < -0.3 is 16.0 Å². The van der Waals surface area contributed by atoms with E-state index in [0.717, 1.165) is 0 Å². The maximum atomic E-state index is 12.1. The summed E-state index contributed by atoms with van der Waals surface area (Å²) in [5, 5.41) is 2.78. The minimum Gasteiger partial charge on any atom is -0.339 e. The van der Waals surface area contributed by atoms with Crippen molar-refractivity contribution in [1.82, 2.24) is 4.90 Å². The number of halogens is 1. The number of benzene rings is 1. The fraction of sp³-hybridized carbons (Fsp3) is 0.467. The zero-order valence-electron chi connectivity index (χ0n) is 12.6. The molecule has 0 aliphatic carbocycles. The normalized spacial score (nSPS) is 9.67. The van der Waals surface area contributed by atoms with Gasteiger partial charge in [-0.2, -0.15) is 0 Å². The smallest absolute Gasteiger partial charge is 0.253 e. The van der Waals surface area contributed by atoms with E-state index in [1.165, 1.54) is 0 Å². The second kappa shape index (κ2) is 10.2. The number of amides is 2. The van der Waals surface area contributed by atoms with E-state index < -0.39 is 0 Å². The summed E-state index contributed by atoms with van der Waals surface area (Å²) in [4.78, 5) is 25.4. The molecular formula is C15H24ClN3O2. The standard InChI is InChI=1S/C15H23N3O2.ClH/c1-3-18(4-2)15(20)12-7-9-13(10-8-12)17-14(19)6-5-11-16;/h7-10H,3-6,11,16H2,1-2H3,(H,17,19);1H. The van der Waals surface area contributed by atoms with Crippen LogP contribution in [0.1, 0.15) is 37.0 Å². The van der Waals surface area contributed by atoms with Gasteiger partial charge in [-0.05, 0) is 51.1 Å². The average Bonchev–Trinajstić information content (AvgIpc) is 2.47. The predicted octanol–water partition coefficient (Wildman–Crippen LogP) is 2.27. The van der Waals surface area contributed by atoms with Gasteiger partial charge >= 0.3 is 0 Å². The molecule has 1 aromatic rings. The molecule has 6 heteroatoms. The summed E-state index contributed by atoms with van der Waals surface area (Å²) in [5.74, 6) is -0.0470. The molecule has 0 saturated carbocycles. The van der Waals surface area contributed by atoms with Crippen LogP contribution in [0.2, 0.25) is 0 Å². The quantitative estimate of drug-likeness (QED) is 0.811. The van der Waals surface area contributed by atoms with Gasteiger partial charge in [0.25, 0.3) is 5.91 Å². The number of hydrogen-bond acceptors (Lipinski definition) is 3. The molecule has 3 N–H and O–H groups in total. The van der Waals surface area contributed by atoms with E-state index in [1.54, 1.807) is 29.2 Å². The Labute approximate surface area is 132 Å². The molecule has 0 saturated heterocycles. The molecule has 0 heterocycles. The lowest BCUT2D eigenvalue weighted by atomic mass is 10.1. The first kappa shape index (κ1) is 19.4. The minimum atomic E-state index is -0.0572. The molecule has 5 nitrogen and oxygen atoms in total. The van der Waals surface area contributed by atoms with E-state index in [0.29, 0.717) is 43.7 Å². The highest BCUT2D eigenvalue weighted by atomic mass is 35.5. The summed E-state index contributed by atoms with van der Waals surface area (Å²) >= 11 is 0. The molecule has 0 unspecified atom stereocenters. The van der Waals surface area contributed by atoms with E-state index in [2.05, 4.69) is 5.32 Å². The Bertz CT molecular complexity index is 445. The summed E-state index contributed by atoms with van der Waals surface area (Å²) in [7, 11) is 0. The van der Waals surface area contributed by atoms with E-state index >= 15 is 0 Å². The zero-order chi connectivity index (χ0) is 15.0. The summed E-state index contributed by atoms with van der Waals surface area (Å²) in [6.07, 6.45) is 1.08. The lowest BCUT2D eigenvalue weighted by molar-refractivity contribution is -0.116. The second-order valence-electron chi connectivity index (χ2n) is 4.50. The van der Waals surface area contributed by atoms with Crippen LogP contribution in [-0.4, -0.2) is 36.3 Å². The van der Waals surface area contributed by atoms with Crippen LogP contribution in [0.5, 0.6) is 0 Å². The van der Waals surface area contributed by atoms with Gasteiger partial charge in [0.05, 0.1) is 0 Å². The van der Waals surface area contributed by atoms with Gasteiger partial charge in [-0.3, -0.25) is 9.59 Å². The van der Waals surface area contributed by atoms with Crippen LogP contribution in [-0.2, 0) is 4.79 Å². The number of rotatable bonds is 7. The highest BCUT2D eigenvalue weighted by Gasteiger charge is 2.12. The predicted molar refractivity (Wildman–Crippen MR) is 87.9 cm³/mol. The Kier molecular flexibility index (Phi) is 9.41. The number of nitrogens with two attached hydrogens (primary N) is 1. The Morgan fingerprint density at radius 3 is 2.19 bits per heavy atom. The number of nitrogens with one attached hydrogen (secondary N) is 1. The van der Waals surface area contributed by atoms with Crippen LogP contribution >= 0.6 is 12.4 Å². The summed E-state index contributed by atoms with van der Waals surface area (Å²) in [6.45, 7) is 5.78. The van der Waals surface area contributed by atoms with Crippen molar-refractivity contribution in [2.24, 2.45) is 5.73 Å². The van der Waals surface area contributed by atoms with Gasteiger partial charge in [0.1, 0.15) is 0 Å². The number of carbonyl (C=O) groups is 2. The summed E-state index contributed by atoms with van der Waals surface area (Å²) < 4.78 is 0. The molecule has 0 aliphatic heterocycles. The van der Waals surface area contributed by atoms with E-state index in [-0.39, 0.29) is 24.2 Å². The molecule has 0 aromatic heterocycles. The maximum absolute atomic E-state index is 12.1. The molecule has 21 heavy (non-hydrogen) atoms. The molecule has 1 aromatic carbocycles. The van der Waals surface area contributed by atoms with Gasteiger partial charge in [0.2, 0.25) is 5.91 Å². The molecule has 0 bridgehead atoms. The molecule has 0 aliphatic rings. The van der Waals surface area contributed by atoms with Crippen molar-refractivity contribution in [3.05, 3.63) is 29.8 Å². The Hall–Kier alpha value is -1.59. The number of anilines is 1. The third kappa shape index (κ3) is 6.14. The van der Waals surface area contributed by atoms with Gasteiger partial charge in [0, 0.05) is 30.8 Å². The monoisotopic (exact) mass is 313 g/mol. The van der Waals surface area contributed by atoms with Crippen molar-refractivity contribution in [2.45, 2.75) is 26.7 Å². The van der Waals surface area contributed by atoms with Crippen LogP contribution in [0.25, 0.3) is 0 Å². The molecular weight excluding hydrogens is 290 g/mol. The first-order valence-electron chi connectivity index (χ1n) is 7.01. The fourth-order valence-electron chi connectivity index (χ4n) is 1.88. The second-order valence-corrected chi connectivity index (χ2v) is 4.50. The van der Waals surface area contributed by atoms with Gasteiger partial charge in [-0.1, -0.05) is 0 Å². The highest BCUT2D eigenvalue weighted by Crippen LogP contribution is 2.12. The van der Waals surface area contributed by atoms with Crippen LogP contribution < -0.4 is 11.1 Å². The van der Waals surface area contributed by atoms with Gasteiger partial charge in [-0.25, -0.2) is 0 Å². The topological polar surface area (TPSA) is 75.4 Å². The van der Waals surface area contributed by atoms with Crippen LogP contribution in [0.4, 0.5) is 5.69 Å². The average molecular weight is 314 g/mol. The van der Waals surface area contributed by atoms with Crippen molar-refractivity contribution in [3.8, 4) is 0 Å². The SMILES string of the molecule is CCN(CC)C(=O)c1ccc(NC(=O)CCCN)cc1.Cl. The lowest BCUT2D eigenvalue weighted by Crippen LogP contribution is -2.30. The van der Waals surface area contributed by atoms with Crippen LogP contribution in [0.15, 0.2) is 24.3 Å². The fourth-order valence-corrected chi connectivity index (χ4v) is 1.88. The first-order chi connectivity index (χ1) is 9.62. The highest BCUT2D eigenvalue weighted by molar-refractivity contribution is 5.95. The molecule has 0 radical (unpaired) electrons. The number of carbonyl (C=O) groups excluding carboxylic acids is 2. The maximum Gasteiger partial charge on any atom is 0.253 e. The van der Waals surface area contributed by atoms with Crippen molar-refractivity contribution < 1.29 is 9.59 Å². The molecule has 0 fully saturated rings. The third-order valence-electron chi connectivity index (χ3n) is 3.07. The molecule has 0 spiro atoms. The number of nitrogens with zero attached hydrogens (tertiary/aromatic N) is 1.